The van der Waals surface area contributed by atoms with E-state index in [9.17, 15) is 9.59 Å². The number of rotatable bonds is 5. The summed E-state index contributed by atoms with van der Waals surface area (Å²) in [6, 6.07) is 9.16. The largest absolute Gasteiger partial charge is 0.326 e. The molecule has 5 nitrogen and oxygen atoms in total. The number of thioether (sulfide) groups is 1. The molecule has 0 radical (unpaired) electrons. The summed E-state index contributed by atoms with van der Waals surface area (Å²) in [5.41, 5.74) is 2.67. The first-order valence-corrected chi connectivity index (χ1v) is 9.17. The summed E-state index contributed by atoms with van der Waals surface area (Å²) in [4.78, 5) is 29.2. The van der Waals surface area contributed by atoms with Crippen LogP contribution in [0.15, 0.2) is 40.3 Å². The van der Waals surface area contributed by atoms with Crippen LogP contribution in [0.1, 0.15) is 37.1 Å². The van der Waals surface area contributed by atoms with Gasteiger partial charge in [0, 0.05) is 29.6 Å². The molecule has 0 spiro atoms. The first kappa shape index (κ1) is 16.8. The number of hydrogen-bond acceptors (Lipinski definition) is 4. The highest BCUT2D eigenvalue weighted by molar-refractivity contribution is 7.99. The highest BCUT2D eigenvalue weighted by Gasteiger charge is 2.27. The number of hydrogen-bond donors (Lipinski definition) is 1. The van der Waals surface area contributed by atoms with E-state index in [1.807, 2.05) is 31.2 Å². The van der Waals surface area contributed by atoms with Crippen LogP contribution in [0.4, 0.5) is 5.69 Å². The maximum absolute atomic E-state index is 12.4. The molecule has 1 aliphatic rings. The SMILES string of the molecule is CCCc1cc(=O)n2c(n1)SCC2CC(=O)Nc1cccc(C)c1. The Bertz CT molecular complexity index is 816. The number of nitrogens with one attached hydrogen (secondary N) is 1. The van der Waals surface area contributed by atoms with Crippen molar-refractivity contribution in [3.63, 3.8) is 0 Å². The molecule has 0 fully saturated rings. The Morgan fingerprint density at radius 3 is 3.00 bits per heavy atom. The molecule has 0 saturated carbocycles. The predicted octanol–water partition coefficient (Wildman–Crippen LogP) is 3.18. The van der Waals surface area contributed by atoms with Crippen LogP contribution in [-0.2, 0) is 11.2 Å². The van der Waals surface area contributed by atoms with Gasteiger partial charge in [-0.15, -0.1) is 0 Å². The molecule has 1 aromatic carbocycles. The maximum Gasteiger partial charge on any atom is 0.254 e. The van der Waals surface area contributed by atoms with E-state index in [2.05, 4.69) is 17.2 Å². The predicted molar refractivity (Wildman–Crippen MR) is 96.7 cm³/mol. The number of aromatic nitrogens is 2. The molecule has 126 valence electrons. The van der Waals surface area contributed by atoms with Crippen molar-refractivity contribution in [1.82, 2.24) is 9.55 Å². The van der Waals surface area contributed by atoms with Crippen molar-refractivity contribution in [2.45, 2.75) is 44.3 Å². The summed E-state index contributed by atoms with van der Waals surface area (Å²) in [5, 5.41) is 3.64. The Labute approximate surface area is 145 Å². The molecule has 1 amide bonds. The zero-order chi connectivity index (χ0) is 17.1. The minimum Gasteiger partial charge on any atom is -0.326 e. The fourth-order valence-electron chi connectivity index (χ4n) is 2.88. The number of carbonyl (C=O) groups excluding carboxylic acids is 1. The van der Waals surface area contributed by atoms with Crippen LogP contribution < -0.4 is 10.9 Å². The summed E-state index contributed by atoms with van der Waals surface area (Å²) in [5.74, 6) is 0.627. The molecular weight excluding hydrogens is 322 g/mol. The van der Waals surface area contributed by atoms with Crippen molar-refractivity contribution >= 4 is 23.4 Å². The fraction of sp³-hybridized carbons (Fsp3) is 0.389. The first-order chi connectivity index (χ1) is 11.6. The minimum absolute atomic E-state index is 0.0539. The van der Waals surface area contributed by atoms with Gasteiger partial charge >= 0.3 is 0 Å². The highest BCUT2D eigenvalue weighted by Crippen LogP contribution is 2.32. The Kier molecular flexibility index (Phi) is 5.04. The third-order valence-corrected chi connectivity index (χ3v) is 5.07. The summed E-state index contributed by atoms with van der Waals surface area (Å²) in [7, 11) is 0. The van der Waals surface area contributed by atoms with Gasteiger partial charge in [0.05, 0.1) is 6.04 Å². The van der Waals surface area contributed by atoms with Gasteiger partial charge in [0.15, 0.2) is 5.16 Å². The average molecular weight is 343 g/mol. The molecule has 6 heteroatoms. The van der Waals surface area contributed by atoms with E-state index >= 15 is 0 Å². The molecule has 1 aromatic heterocycles. The number of anilines is 1. The topological polar surface area (TPSA) is 64.0 Å². The van der Waals surface area contributed by atoms with Crippen LogP contribution in [0.5, 0.6) is 0 Å². The number of aryl methyl sites for hydroxylation is 2. The Balaban J connectivity index is 1.72. The van der Waals surface area contributed by atoms with Crippen LogP contribution in [0.25, 0.3) is 0 Å². The van der Waals surface area contributed by atoms with Gasteiger partial charge in [-0.05, 0) is 31.0 Å². The number of nitrogens with zero attached hydrogens (tertiary/aromatic N) is 2. The number of fused-ring (bicyclic) bond motifs is 1. The number of amides is 1. The number of benzene rings is 1. The molecular formula is C18H21N3O2S. The second-order valence-electron chi connectivity index (χ2n) is 6.07. The molecule has 1 atom stereocenters. The Hall–Kier alpha value is -2.08. The Morgan fingerprint density at radius 1 is 1.42 bits per heavy atom. The molecule has 0 aliphatic carbocycles. The number of carbonyl (C=O) groups is 1. The summed E-state index contributed by atoms with van der Waals surface area (Å²) in [6.45, 7) is 4.05. The van der Waals surface area contributed by atoms with E-state index in [0.717, 1.165) is 34.9 Å². The van der Waals surface area contributed by atoms with Gasteiger partial charge in [0.25, 0.3) is 5.56 Å². The second kappa shape index (κ2) is 7.21. The normalized spacial score (nSPS) is 16.0. The minimum atomic E-state index is -0.134. The van der Waals surface area contributed by atoms with Crippen molar-refractivity contribution in [1.29, 1.82) is 0 Å². The third-order valence-electron chi connectivity index (χ3n) is 3.97. The quantitative estimate of drug-likeness (QED) is 0.847. The smallest absolute Gasteiger partial charge is 0.254 e. The average Bonchev–Trinajstić information content (AvgIpc) is 2.90. The second-order valence-corrected chi connectivity index (χ2v) is 7.06. The van der Waals surface area contributed by atoms with E-state index in [0.29, 0.717) is 5.75 Å². The van der Waals surface area contributed by atoms with Crippen LogP contribution in [0.3, 0.4) is 0 Å². The van der Waals surface area contributed by atoms with E-state index in [1.54, 1.807) is 22.4 Å². The molecule has 1 aliphatic heterocycles. The molecule has 1 unspecified atom stereocenters. The molecule has 3 rings (SSSR count). The van der Waals surface area contributed by atoms with Gasteiger partial charge in [-0.2, -0.15) is 0 Å². The van der Waals surface area contributed by atoms with Gasteiger partial charge in [-0.25, -0.2) is 4.98 Å². The molecule has 24 heavy (non-hydrogen) atoms. The highest BCUT2D eigenvalue weighted by atomic mass is 32.2. The van der Waals surface area contributed by atoms with Crippen LogP contribution in [-0.4, -0.2) is 21.2 Å². The zero-order valence-corrected chi connectivity index (χ0v) is 14.7. The van der Waals surface area contributed by atoms with E-state index in [4.69, 9.17) is 0 Å². The van der Waals surface area contributed by atoms with Crippen LogP contribution >= 0.6 is 11.8 Å². The van der Waals surface area contributed by atoms with Crippen molar-refractivity contribution in [3.8, 4) is 0 Å². The maximum atomic E-state index is 12.4. The molecule has 2 aromatic rings. The van der Waals surface area contributed by atoms with E-state index in [-0.39, 0.29) is 23.9 Å². The van der Waals surface area contributed by atoms with Gasteiger partial charge in [0.2, 0.25) is 5.91 Å². The lowest BCUT2D eigenvalue weighted by Gasteiger charge is -2.13. The zero-order valence-electron chi connectivity index (χ0n) is 13.9. The third kappa shape index (κ3) is 3.70. The lowest BCUT2D eigenvalue weighted by molar-refractivity contribution is -0.116. The molecule has 0 saturated heterocycles. The van der Waals surface area contributed by atoms with Gasteiger partial charge in [-0.1, -0.05) is 37.2 Å². The molecule has 0 bridgehead atoms. The first-order valence-electron chi connectivity index (χ1n) is 8.18. The lowest BCUT2D eigenvalue weighted by atomic mass is 10.2. The molecule has 1 N–H and O–H groups in total. The van der Waals surface area contributed by atoms with Crippen molar-refractivity contribution in [2.24, 2.45) is 0 Å². The fourth-order valence-corrected chi connectivity index (χ4v) is 4.05. The van der Waals surface area contributed by atoms with Gasteiger partial charge in [-0.3, -0.25) is 14.2 Å². The van der Waals surface area contributed by atoms with Crippen molar-refractivity contribution in [3.05, 3.63) is 51.9 Å². The van der Waals surface area contributed by atoms with Crippen LogP contribution in [0.2, 0.25) is 0 Å². The van der Waals surface area contributed by atoms with E-state index in [1.165, 1.54) is 0 Å². The summed E-state index contributed by atoms with van der Waals surface area (Å²) < 4.78 is 1.67. The Morgan fingerprint density at radius 2 is 2.25 bits per heavy atom. The van der Waals surface area contributed by atoms with Crippen molar-refractivity contribution in [2.75, 3.05) is 11.1 Å². The summed E-state index contributed by atoms with van der Waals surface area (Å²) >= 11 is 1.55. The standard InChI is InChI=1S/C18H21N3O2S/c1-3-5-13-9-17(23)21-15(11-24-18(21)20-13)10-16(22)19-14-7-4-6-12(2)8-14/h4,6-9,15H,3,5,10-11H2,1-2H3,(H,19,22). The van der Waals surface area contributed by atoms with Crippen LogP contribution in [0, 0.1) is 6.92 Å². The van der Waals surface area contributed by atoms with Crippen molar-refractivity contribution < 1.29 is 4.79 Å². The van der Waals surface area contributed by atoms with E-state index < -0.39 is 0 Å². The van der Waals surface area contributed by atoms with Gasteiger partial charge < -0.3 is 5.32 Å². The monoisotopic (exact) mass is 343 g/mol. The van der Waals surface area contributed by atoms with Gasteiger partial charge in [0.1, 0.15) is 0 Å². The lowest BCUT2D eigenvalue weighted by Crippen LogP contribution is -2.27. The summed E-state index contributed by atoms with van der Waals surface area (Å²) in [6.07, 6.45) is 2.05. The molecule has 2 heterocycles.